The number of carbonyl (C=O) groups excluding carboxylic acids is 1. The van der Waals surface area contributed by atoms with Crippen molar-refractivity contribution in [3.63, 3.8) is 0 Å². The van der Waals surface area contributed by atoms with Crippen LogP contribution in [0.1, 0.15) is 27.2 Å². The molecular formula is C11H22N2O2. The molecule has 1 fully saturated rings. The number of likely N-dealkylation sites (N-methyl/N-ethyl adjacent to an activating group) is 1. The van der Waals surface area contributed by atoms with Gasteiger partial charge in [-0.15, -0.1) is 0 Å². The van der Waals surface area contributed by atoms with Crippen molar-refractivity contribution in [2.75, 3.05) is 20.7 Å². The van der Waals surface area contributed by atoms with Crippen molar-refractivity contribution in [1.82, 2.24) is 10.6 Å². The lowest BCUT2D eigenvalue weighted by atomic mass is 9.56. The summed E-state index contributed by atoms with van der Waals surface area (Å²) in [4.78, 5) is 11.4. The first kappa shape index (κ1) is 12.5. The van der Waals surface area contributed by atoms with E-state index in [9.17, 15) is 4.79 Å². The lowest BCUT2D eigenvalue weighted by molar-refractivity contribution is -0.182. The summed E-state index contributed by atoms with van der Waals surface area (Å²) < 4.78 is 5.49. The molecule has 2 N–H and O–H groups in total. The highest BCUT2D eigenvalue weighted by Gasteiger charge is 2.58. The molecule has 0 radical (unpaired) electrons. The second-order valence-electron chi connectivity index (χ2n) is 5.01. The van der Waals surface area contributed by atoms with Crippen LogP contribution < -0.4 is 10.6 Å². The minimum Gasteiger partial charge on any atom is -0.378 e. The van der Waals surface area contributed by atoms with Crippen molar-refractivity contribution in [3.8, 4) is 0 Å². The molecule has 1 rings (SSSR count). The van der Waals surface area contributed by atoms with Gasteiger partial charge < -0.3 is 15.4 Å². The van der Waals surface area contributed by atoms with Crippen molar-refractivity contribution >= 4 is 5.91 Å². The third-order valence-electron chi connectivity index (χ3n) is 3.95. The van der Waals surface area contributed by atoms with Gasteiger partial charge >= 0.3 is 0 Å². The van der Waals surface area contributed by atoms with E-state index in [0.29, 0.717) is 6.54 Å². The predicted octanol–water partition coefficient (Wildman–Crippen LogP) is 0.526. The second kappa shape index (κ2) is 4.10. The van der Waals surface area contributed by atoms with E-state index >= 15 is 0 Å². The van der Waals surface area contributed by atoms with Crippen molar-refractivity contribution < 1.29 is 9.53 Å². The number of nitrogens with one attached hydrogen (secondary N) is 2. The van der Waals surface area contributed by atoms with Crippen LogP contribution in [-0.4, -0.2) is 38.3 Å². The van der Waals surface area contributed by atoms with Crippen molar-refractivity contribution in [2.45, 2.75) is 38.8 Å². The van der Waals surface area contributed by atoms with Crippen LogP contribution >= 0.6 is 0 Å². The van der Waals surface area contributed by atoms with Crippen LogP contribution in [0.25, 0.3) is 0 Å². The Hall–Kier alpha value is -0.610. The molecule has 0 aromatic rings. The van der Waals surface area contributed by atoms with E-state index < -0.39 is 0 Å². The fourth-order valence-corrected chi connectivity index (χ4v) is 2.13. The molecule has 88 valence electrons. The summed E-state index contributed by atoms with van der Waals surface area (Å²) in [6, 6.07) is 0.211. The van der Waals surface area contributed by atoms with Crippen LogP contribution in [0.15, 0.2) is 0 Å². The number of hydrogen-bond donors (Lipinski definition) is 2. The third kappa shape index (κ3) is 2.01. The fourth-order valence-electron chi connectivity index (χ4n) is 2.13. The monoisotopic (exact) mass is 214 g/mol. The first-order valence-electron chi connectivity index (χ1n) is 5.36. The van der Waals surface area contributed by atoms with E-state index in [1.165, 1.54) is 0 Å². The Bertz CT molecular complexity index is 253. The van der Waals surface area contributed by atoms with Gasteiger partial charge in [0.1, 0.15) is 0 Å². The maximum atomic E-state index is 11.4. The van der Waals surface area contributed by atoms with Crippen LogP contribution in [0.5, 0.6) is 0 Å². The summed E-state index contributed by atoms with van der Waals surface area (Å²) in [5.74, 6) is 0.0497. The number of methoxy groups -OCH3 is 1. The summed E-state index contributed by atoms with van der Waals surface area (Å²) in [6.07, 6.45) is 0.881. The highest BCUT2D eigenvalue weighted by Crippen LogP contribution is 2.51. The first-order chi connectivity index (χ1) is 6.87. The number of amides is 1. The van der Waals surface area contributed by atoms with Crippen molar-refractivity contribution in [3.05, 3.63) is 0 Å². The zero-order valence-corrected chi connectivity index (χ0v) is 10.3. The van der Waals surface area contributed by atoms with Gasteiger partial charge in [-0.2, -0.15) is 0 Å². The molecule has 0 aromatic carbocycles. The van der Waals surface area contributed by atoms with E-state index in [1.54, 1.807) is 14.2 Å². The Balaban J connectivity index is 2.52. The largest absolute Gasteiger partial charge is 0.378 e. The molecule has 0 aliphatic heterocycles. The molecule has 0 saturated heterocycles. The number of hydrogen-bond acceptors (Lipinski definition) is 3. The summed E-state index contributed by atoms with van der Waals surface area (Å²) in [5, 5.41) is 5.86. The molecule has 1 aliphatic rings. The van der Waals surface area contributed by atoms with Gasteiger partial charge in [-0.3, -0.25) is 4.79 Å². The van der Waals surface area contributed by atoms with Crippen LogP contribution in [-0.2, 0) is 9.53 Å². The molecule has 0 spiro atoms. The van der Waals surface area contributed by atoms with Crippen molar-refractivity contribution in [1.29, 1.82) is 0 Å². The van der Waals surface area contributed by atoms with E-state index in [-0.39, 0.29) is 23.0 Å². The first-order valence-corrected chi connectivity index (χ1v) is 5.36. The average molecular weight is 214 g/mol. The maximum Gasteiger partial charge on any atom is 0.234 e. The quantitative estimate of drug-likeness (QED) is 0.717. The molecule has 0 heterocycles. The van der Waals surface area contributed by atoms with Gasteiger partial charge in [0.15, 0.2) is 0 Å². The minimum absolute atomic E-state index is 0.00878. The van der Waals surface area contributed by atoms with E-state index in [2.05, 4.69) is 31.4 Å². The zero-order valence-electron chi connectivity index (χ0n) is 10.3. The van der Waals surface area contributed by atoms with Gasteiger partial charge in [-0.25, -0.2) is 0 Å². The normalized spacial score (nSPS) is 33.3. The summed E-state index contributed by atoms with van der Waals surface area (Å²) >= 11 is 0. The van der Waals surface area contributed by atoms with Crippen LogP contribution in [0.2, 0.25) is 0 Å². The van der Waals surface area contributed by atoms with Gasteiger partial charge in [-0.1, -0.05) is 13.8 Å². The molecule has 15 heavy (non-hydrogen) atoms. The third-order valence-corrected chi connectivity index (χ3v) is 3.95. The van der Waals surface area contributed by atoms with E-state index in [1.807, 2.05) is 0 Å². The molecule has 2 unspecified atom stereocenters. The number of ether oxygens (including phenoxy) is 1. The lowest BCUT2D eigenvalue weighted by Gasteiger charge is -2.59. The summed E-state index contributed by atoms with van der Waals surface area (Å²) in [5.41, 5.74) is -0.129. The zero-order chi connectivity index (χ0) is 11.7. The Morgan fingerprint density at radius 2 is 2.07 bits per heavy atom. The summed E-state index contributed by atoms with van der Waals surface area (Å²) in [6.45, 7) is 6.72. The molecule has 2 atom stereocenters. The Morgan fingerprint density at radius 1 is 1.47 bits per heavy atom. The smallest absolute Gasteiger partial charge is 0.234 e. The highest BCUT2D eigenvalue weighted by atomic mass is 16.5. The summed E-state index contributed by atoms with van der Waals surface area (Å²) in [7, 11) is 3.50. The Kier molecular flexibility index (Phi) is 3.41. The predicted molar refractivity (Wildman–Crippen MR) is 59.7 cm³/mol. The highest BCUT2D eigenvalue weighted by molar-refractivity contribution is 5.78. The molecule has 4 nitrogen and oxygen atoms in total. The van der Waals surface area contributed by atoms with Crippen molar-refractivity contribution in [2.24, 2.45) is 5.41 Å². The lowest BCUT2D eigenvalue weighted by Crippen LogP contribution is -2.69. The second-order valence-corrected chi connectivity index (χ2v) is 5.01. The number of rotatable bonds is 4. The maximum absolute atomic E-state index is 11.4. The van der Waals surface area contributed by atoms with E-state index in [0.717, 1.165) is 6.42 Å². The topological polar surface area (TPSA) is 50.4 Å². The molecule has 4 heteroatoms. The standard InChI is InChI=1S/C11H22N2O2/c1-10(2)8(6-11(10,3)15-5)13-9(14)7-12-4/h8,12H,6-7H2,1-5H3,(H,13,14). The van der Waals surface area contributed by atoms with Gasteiger partial charge in [0.25, 0.3) is 0 Å². The number of carbonyl (C=O) groups is 1. The van der Waals surface area contributed by atoms with Crippen LogP contribution in [0.4, 0.5) is 0 Å². The average Bonchev–Trinajstić information content (AvgIpc) is 2.17. The molecular weight excluding hydrogens is 192 g/mol. The van der Waals surface area contributed by atoms with E-state index in [4.69, 9.17) is 4.74 Å². The molecule has 1 aliphatic carbocycles. The fraction of sp³-hybridized carbons (Fsp3) is 0.909. The SMILES string of the molecule is CNCC(=O)NC1CC(C)(OC)C1(C)C. The van der Waals surface area contributed by atoms with Gasteiger partial charge in [0, 0.05) is 18.6 Å². The van der Waals surface area contributed by atoms with Gasteiger partial charge in [-0.05, 0) is 20.4 Å². The van der Waals surface area contributed by atoms with Crippen LogP contribution in [0, 0.1) is 5.41 Å². The van der Waals surface area contributed by atoms with Gasteiger partial charge in [0.05, 0.1) is 12.1 Å². The Labute approximate surface area is 91.8 Å². The van der Waals surface area contributed by atoms with Crippen LogP contribution in [0.3, 0.4) is 0 Å². The molecule has 1 amide bonds. The Morgan fingerprint density at radius 3 is 2.47 bits per heavy atom. The minimum atomic E-state index is -0.120. The molecule has 0 aromatic heterocycles. The molecule has 1 saturated carbocycles. The van der Waals surface area contributed by atoms with Gasteiger partial charge in [0.2, 0.25) is 5.91 Å². The molecule has 0 bridgehead atoms.